The number of aromatic nitrogens is 1. The molecule has 1 aliphatic heterocycles. The number of hydrogen-bond donors (Lipinski definition) is 0. The topological polar surface area (TPSA) is 8.17 Å². The van der Waals surface area contributed by atoms with Crippen molar-refractivity contribution >= 4 is 49.6 Å². The smallest absolute Gasteiger partial charge is 0.0755 e. The lowest BCUT2D eigenvalue weighted by Crippen LogP contribution is -2.33. The van der Waals surface area contributed by atoms with E-state index in [-0.39, 0.29) is 0 Å². The first-order valence-electron chi connectivity index (χ1n) is 28.0. The van der Waals surface area contributed by atoms with Crippen LogP contribution in [0.25, 0.3) is 93.9 Å². The molecule has 2 spiro atoms. The first-order chi connectivity index (χ1) is 39.7. The maximum atomic E-state index is 2.55. The summed E-state index contributed by atoms with van der Waals surface area (Å²) in [5, 5.41) is 5.09. The van der Waals surface area contributed by atoms with E-state index in [1.165, 1.54) is 138 Å². The van der Waals surface area contributed by atoms with Crippen molar-refractivity contribution < 1.29 is 0 Å². The van der Waals surface area contributed by atoms with E-state index in [4.69, 9.17) is 0 Å². The van der Waals surface area contributed by atoms with E-state index in [0.717, 1.165) is 17.1 Å². The molecule has 0 bridgehead atoms. The highest BCUT2D eigenvalue weighted by Gasteiger charge is 2.53. The Balaban J connectivity index is 0.896. The van der Waals surface area contributed by atoms with Crippen LogP contribution >= 0.6 is 0 Å². The molecule has 3 aliphatic carbocycles. The van der Waals surface area contributed by atoms with Gasteiger partial charge in [-0.25, -0.2) is 0 Å². The van der Waals surface area contributed by atoms with Crippen LogP contribution in [0.2, 0.25) is 0 Å². The van der Waals surface area contributed by atoms with E-state index in [1.54, 1.807) is 0 Å². The summed E-state index contributed by atoms with van der Waals surface area (Å²) in [6.07, 6.45) is 0. The lowest BCUT2D eigenvalue weighted by atomic mass is 9.65. The third kappa shape index (κ3) is 5.57. The van der Waals surface area contributed by atoms with Crippen LogP contribution in [0.15, 0.2) is 291 Å². The molecule has 1 aromatic heterocycles. The average molecular weight is 1010 g/mol. The van der Waals surface area contributed by atoms with Gasteiger partial charge in [-0.15, -0.1) is 0 Å². The van der Waals surface area contributed by atoms with Gasteiger partial charge in [0.2, 0.25) is 0 Å². The van der Waals surface area contributed by atoms with Crippen LogP contribution in [0, 0.1) is 0 Å². The zero-order valence-electron chi connectivity index (χ0n) is 43.6. The number of benzene rings is 13. The summed E-state index contributed by atoms with van der Waals surface area (Å²) in [5.74, 6) is 0. The number of fused-ring (bicyclic) bond motifs is 24. The summed E-state index contributed by atoms with van der Waals surface area (Å²) in [6, 6.07) is 110. The van der Waals surface area contributed by atoms with Gasteiger partial charge in [0, 0.05) is 27.8 Å². The Kier molecular flexibility index (Phi) is 8.83. The maximum Gasteiger partial charge on any atom is 0.0755 e. The van der Waals surface area contributed by atoms with E-state index in [2.05, 4.69) is 301 Å². The van der Waals surface area contributed by atoms with Gasteiger partial charge in [-0.2, -0.15) is 0 Å². The summed E-state index contributed by atoms with van der Waals surface area (Å²) < 4.78 is 2.54. The highest BCUT2D eigenvalue weighted by Crippen LogP contribution is 2.66. The Hall–Kier alpha value is -10.3. The molecule has 0 fully saturated rings. The molecule has 370 valence electrons. The van der Waals surface area contributed by atoms with Gasteiger partial charge in [0.25, 0.3) is 0 Å². The van der Waals surface area contributed by atoms with Crippen molar-refractivity contribution in [3.8, 4) is 61.3 Å². The van der Waals surface area contributed by atoms with Crippen molar-refractivity contribution in [2.24, 2.45) is 0 Å². The lowest BCUT2D eigenvalue weighted by molar-refractivity contribution is 0.748. The van der Waals surface area contributed by atoms with Gasteiger partial charge in [-0.05, 0) is 159 Å². The Morgan fingerprint density at radius 3 is 1.40 bits per heavy atom. The van der Waals surface area contributed by atoms with Crippen molar-refractivity contribution in [3.05, 3.63) is 336 Å². The minimum atomic E-state index is -0.605. The molecule has 80 heavy (non-hydrogen) atoms. The third-order valence-corrected chi connectivity index (χ3v) is 18.6. The maximum absolute atomic E-state index is 2.55. The molecule has 2 heteroatoms. The van der Waals surface area contributed by atoms with Crippen molar-refractivity contribution in [1.82, 2.24) is 4.57 Å². The van der Waals surface area contributed by atoms with Gasteiger partial charge in [0.1, 0.15) is 0 Å². The Morgan fingerprint density at radius 1 is 0.263 bits per heavy atom. The molecule has 13 aromatic carbocycles. The molecule has 0 saturated heterocycles. The molecule has 1 atom stereocenters. The van der Waals surface area contributed by atoms with E-state index in [9.17, 15) is 0 Å². The zero-order valence-corrected chi connectivity index (χ0v) is 43.6. The monoisotopic (exact) mass is 1010 g/mol. The summed E-state index contributed by atoms with van der Waals surface area (Å²) in [6.45, 7) is 0. The molecular weight excluding hydrogens is 965 g/mol. The molecule has 2 nitrogen and oxygen atoms in total. The van der Waals surface area contributed by atoms with E-state index in [1.807, 2.05) is 0 Å². The van der Waals surface area contributed by atoms with Crippen LogP contribution < -0.4 is 4.90 Å². The lowest BCUT2D eigenvalue weighted by Gasteiger charge is -2.40. The minimum Gasteiger partial charge on any atom is -0.310 e. The van der Waals surface area contributed by atoms with E-state index < -0.39 is 10.8 Å². The molecular formula is C78H48N2. The van der Waals surface area contributed by atoms with Gasteiger partial charge in [-0.3, -0.25) is 0 Å². The van der Waals surface area contributed by atoms with Crippen LogP contribution in [0.4, 0.5) is 17.1 Å². The quantitative estimate of drug-likeness (QED) is 0.167. The second-order valence-corrected chi connectivity index (χ2v) is 22.2. The first kappa shape index (κ1) is 43.8. The second kappa shape index (κ2) is 16.1. The average Bonchev–Trinajstić information content (AvgIpc) is 3.93. The minimum absolute atomic E-state index is 0.536. The van der Waals surface area contributed by atoms with Gasteiger partial charge < -0.3 is 9.47 Å². The van der Waals surface area contributed by atoms with Gasteiger partial charge in [0.15, 0.2) is 0 Å². The molecule has 14 aromatic rings. The highest BCUT2D eigenvalue weighted by atomic mass is 15.1. The van der Waals surface area contributed by atoms with Crippen LogP contribution in [0.1, 0.15) is 44.5 Å². The standard InChI is InChI=1S/C78H48N2/c1-2-17-49(18-3-1)50-33-35-51(36-34-50)52-37-40-54(41-38-52)79(56-43-45-64-72(48-56)77(69-46-39-53-19-4-5-20-57(53)75(64)69)65-26-10-6-21-58(65)59-22-7-11-27-66(59)77)55-42-44-61-60-23-8-12-28-67(60)78(71(61)47-55)68-29-13-15-32-74(68)80-73-31-14-9-24-62(73)63-25-16-30-70(78)76(63)80/h1-48H. The summed E-state index contributed by atoms with van der Waals surface area (Å²) in [4.78, 5) is 2.54. The summed E-state index contributed by atoms with van der Waals surface area (Å²) >= 11 is 0. The van der Waals surface area contributed by atoms with Crippen LogP contribution in [-0.2, 0) is 10.8 Å². The second-order valence-electron chi connectivity index (χ2n) is 22.2. The Bertz CT molecular complexity index is 4900. The predicted molar refractivity (Wildman–Crippen MR) is 331 cm³/mol. The normalized spacial score (nSPS) is 15.2. The fourth-order valence-corrected chi connectivity index (χ4v) is 15.5. The van der Waals surface area contributed by atoms with Crippen molar-refractivity contribution in [2.45, 2.75) is 10.8 Å². The molecule has 0 N–H and O–H groups in total. The van der Waals surface area contributed by atoms with E-state index in [0.29, 0.717) is 0 Å². The number of nitrogens with zero attached hydrogens (tertiary/aromatic N) is 2. The predicted octanol–water partition coefficient (Wildman–Crippen LogP) is 19.8. The van der Waals surface area contributed by atoms with Gasteiger partial charge >= 0.3 is 0 Å². The summed E-state index contributed by atoms with van der Waals surface area (Å²) in [5.41, 5.74) is 29.0. The van der Waals surface area contributed by atoms with Crippen molar-refractivity contribution in [2.75, 3.05) is 4.90 Å². The van der Waals surface area contributed by atoms with E-state index >= 15 is 0 Å². The van der Waals surface area contributed by atoms with Crippen LogP contribution in [-0.4, -0.2) is 4.57 Å². The molecule has 2 heterocycles. The van der Waals surface area contributed by atoms with Crippen LogP contribution in [0.5, 0.6) is 0 Å². The molecule has 0 radical (unpaired) electrons. The molecule has 1 unspecified atom stereocenters. The summed E-state index contributed by atoms with van der Waals surface area (Å²) in [7, 11) is 0. The van der Waals surface area contributed by atoms with Crippen molar-refractivity contribution in [3.63, 3.8) is 0 Å². The highest BCUT2D eigenvalue weighted by molar-refractivity contribution is 6.13. The Labute approximate surface area is 464 Å². The van der Waals surface area contributed by atoms with Crippen molar-refractivity contribution in [1.29, 1.82) is 0 Å². The first-order valence-corrected chi connectivity index (χ1v) is 28.0. The number of anilines is 3. The molecule has 0 saturated carbocycles. The number of rotatable bonds is 5. The molecule has 4 aliphatic rings. The Morgan fingerprint density at radius 2 is 0.725 bits per heavy atom. The van der Waals surface area contributed by atoms with Gasteiger partial charge in [-0.1, -0.05) is 243 Å². The van der Waals surface area contributed by atoms with Gasteiger partial charge in [0.05, 0.1) is 27.6 Å². The SMILES string of the molecule is c1ccc(-c2ccc(-c3ccc(N(c4ccc5c(c4)C4(c6ccccc6-c6ccccc64)c4ccc6ccccc6c4-5)c4ccc5c(c4)C4(c6ccccc6-5)c5ccccc5-n5c6ccccc6c6cccc4c65)cc3)cc2)cc1. The zero-order chi connectivity index (χ0) is 52.3. The fourth-order valence-electron chi connectivity index (χ4n) is 15.5. The third-order valence-electron chi connectivity index (χ3n) is 18.6. The number of para-hydroxylation sites is 3. The van der Waals surface area contributed by atoms with Crippen LogP contribution in [0.3, 0.4) is 0 Å². The number of hydrogen-bond acceptors (Lipinski definition) is 1. The molecule has 0 amide bonds. The largest absolute Gasteiger partial charge is 0.310 e. The molecule has 18 rings (SSSR count). The fraction of sp³-hybridized carbons (Fsp3) is 0.0256.